The van der Waals surface area contributed by atoms with Crippen LogP contribution >= 0.6 is 0 Å². The molecule has 134 valence electrons. The monoisotopic (exact) mass is 328 g/mol. The van der Waals surface area contributed by atoms with Crippen LogP contribution in [0.4, 0.5) is 0 Å². The summed E-state index contributed by atoms with van der Waals surface area (Å²) in [6.07, 6.45) is 3.27. The van der Waals surface area contributed by atoms with Crippen molar-refractivity contribution in [1.29, 1.82) is 0 Å². The van der Waals surface area contributed by atoms with Crippen molar-refractivity contribution in [3.63, 3.8) is 0 Å². The first-order valence-corrected chi connectivity index (χ1v) is 9.34. The Morgan fingerprint density at radius 2 is 1.42 bits per heavy atom. The predicted molar refractivity (Wildman–Crippen MR) is 108 cm³/mol. The Morgan fingerprint density at radius 1 is 0.750 bits per heavy atom. The third-order valence-corrected chi connectivity index (χ3v) is 3.49. The average molecular weight is 329 g/mol. The van der Waals surface area contributed by atoms with Crippen LogP contribution in [-0.2, 0) is 17.6 Å². The maximum Gasteiger partial charge on any atom is 0.0506 e. The third kappa shape index (κ3) is 11.0. The molecule has 0 spiro atoms. The van der Waals surface area contributed by atoms with Crippen LogP contribution in [0.15, 0.2) is 48.5 Å². The van der Waals surface area contributed by atoms with Gasteiger partial charge in [0, 0.05) is 6.61 Å². The molecule has 0 saturated carbocycles. The molecule has 0 aliphatic heterocycles. The van der Waals surface area contributed by atoms with Crippen LogP contribution in [0.25, 0.3) is 0 Å². The van der Waals surface area contributed by atoms with Gasteiger partial charge in [-0.15, -0.1) is 0 Å². The summed E-state index contributed by atoms with van der Waals surface area (Å²) in [5.74, 6) is 0. The lowest BCUT2D eigenvalue weighted by Crippen LogP contribution is -1.99. The SMILES string of the molecule is CC.CCCOCCc1ccc(C)cc1.CCc1cccc(C)c1. The zero-order chi connectivity index (χ0) is 18.2. The van der Waals surface area contributed by atoms with Gasteiger partial charge in [-0.05, 0) is 44.2 Å². The van der Waals surface area contributed by atoms with Gasteiger partial charge in [-0.2, -0.15) is 0 Å². The highest BCUT2D eigenvalue weighted by Gasteiger charge is 1.92. The molecule has 0 bridgehead atoms. The van der Waals surface area contributed by atoms with Crippen molar-refractivity contribution < 1.29 is 4.74 Å². The highest BCUT2D eigenvalue weighted by Crippen LogP contribution is 2.04. The van der Waals surface area contributed by atoms with E-state index in [0.717, 1.165) is 32.5 Å². The van der Waals surface area contributed by atoms with E-state index in [2.05, 4.69) is 76.2 Å². The quantitative estimate of drug-likeness (QED) is 0.546. The van der Waals surface area contributed by atoms with Gasteiger partial charge in [0.05, 0.1) is 6.61 Å². The van der Waals surface area contributed by atoms with Crippen LogP contribution in [0.5, 0.6) is 0 Å². The number of hydrogen-bond acceptors (Lipinski definition) is 1. The van der Waals surface area contributed by atoms with Crippen LogP contribution in [0.1, 0.15) is 56.4 Å². The molecule has 0 saturated heterocycles. The molecule has 1 nitrogen and oxygen atoms in total. The minimum absolute atomic E-state index is 0.844. The second-order valence-corrected chi connectivity index (χ2v) is 5.69. The van der Waals surface area contributed by atoms with Crippen molar-refractivity contribution in [2.24, 2.45) is 0 Å². The van der Waals surface area contributed by atoms with Gasteiger partial charge in [0.25, 0.3) is 0 Å². The average Bonchev–Trinajstić information content (AvgIpc) is 2.62. The van der Waals surface area contributed by atoms with Crippen LogP contribution in [0.2, 0.25) is 0 Å². The van der Waals surface area contributed by atoms with Gasteiger partial charge in [0.15, 0.2) is 0 Å². The third-order valence-electron chi connectivity index (χ3n) is 3.49. The van der Waals surface area contributed by atoms with Crippen molar-refractivity contribution in [3.8, 4) is 0 Å². The lowest BCUT2D eigenvalue weighted by Gasteiger charge is -2.02. The number of benzene rings is 2. The first kappa shape index (κ1) is 22.4. The molecule has 0 radical (unpaired) electrons. The van der Waals surface area contributed by atoms with Crippen LogP contribution in [-0.4, -0.2) is 13.2 Å². The molecule has 1 heteroatoms. The minimum atomic E-state index is 0.844. The zero-order valence-electron chi connectivity index (χ0n) is 16.6. The van der Waals surface area contributed by atoms with Crippen molar-refractivity contribution in [2.75, 3.05) is 13.2 Å². The molecular weight excluding hydrogens is 292 g/mol. The maximum atomic E-state index is 5.42. The van der Waals surface area contributed by atoms with E-state index < -0.39 is 0 Å². The normalized spacial score (nSPS) is 9.42. The first-order chi connectivity index (χ1) is 11.7. The largest absolute Gasteiger partial charge is 0.381 e. The second-order valence-electron chi connectivity index (χ2n) is 5.69. The van der Waals surface area contributed by atoms with Gasteiger partial charge in [-0.3, -0.25) is 0 Å². The Morgan fingerprint density at radius 3 is 1.92 bits per heavy atom. The molecule has 2 aromatic carbocycles. The Balaban J connectivity index is 0.000000420. The molecule has 0 N–H and O–H groups in total. The molecule has 0 aliphatic carbocycles. The summed E-state index contributed by atoms with van der Waals surface area (Å²) in [4.78, 5) is 0. The van der Waals surface area contributed by atoms with E-state index in [4.69, 9.17) is 4.74 Å². The molecule has 2 rings (SSSR count). The standard InChI is InChI=1S/C12H18O.C9H12.C2H6/c1-3-9-13-10-8-12-6-4-11(2)5-7-12;1-3-9-6-4-5-8(2)7-9;1-2/h4-7H,3,8-10H2,1-2H3;4-7H,3H2,1-2H3;1-2H3. The van der Waals surface area contributed by atoms with Gasteiger partial charge in [0.2, 0.25) is 0 Å². The smallest absolute Gasteiger partial charge is 0.0506 e. The Hall–Kier alpha value is -1.60. The topological polar surface area (TPSA) is 9.23 Å². The molecule has 0 amide bonds. The van der Waals surface area contributed by atoms with Crippen LogP contribution in [0.3, 0.4) is 0 Å². The van der Waals surface area contributed by atoms with E-state index in [9.17, 15) is 0 Å². The Bertz CT molecular complexity index is 514. The van der Waals surface area contributed by atoms with Crippen LogP contribution < -0.4 is 0 Å². The fraction of sp³-hybridized carbons (Fsp3) is 0.478. The fourth-order valence-corrected chi connectivity index (χ4v) is 2.12. The lowest BCUT2D eigenvalue weighted by atomic mass is 10.1. The number of hydrogen-bond donors (Lipinski definition) is 0. The van der Waals surface area contributed by atoms with Crippen molar-refractivity contribution in [1.82, 2.24) is 0 Å². The van der Waals surface area contributed by atoms with Gasteiger partial charge in [-0.25, -0.2) is 0 Å². The molecule has 2 aromatic rings. The predicted octanol–water partition coefficient (Wildman–Crippen LogP) is 6.55. The molecule has 0 aliphatic rings. The summed E-state index contributed by atoms with van der Waals surface area (Å²) < 4.78 is 5.42. The summed E-state index contributed by atoms with van der Waals surface area (Å²) >= 11 is 0. The zero-order valence-corrected chi connectivity index (χ0v) is 16.6. The molecule has 0 fully saturated rings. The van der Waals surface area contributed by atoms with E-state index >= 15 is 0 Å². The van der Waals surface area contributed by atoms with Gasteiger partial charge in [0.1, 0.15) is 0 Å². The second kappa shape index (κ2) is 15.0. The number of ether oxygens (including phenoxy) is 1. The van der Waals surface area contributed by atoms with Crippen LogP contribution in [0, 0.1) is 13.8 Å². The maximum absolute atomic E-state index is 5.42. The summed E-state index contributed by atoms with van der Waals surface area (Å²) in [5, 5.41) is 0. The van der Waals surface area contributed by atoms with Crippen molar-refractivity contribution in [3.05, 3.63) is 70.8 Å². The van der Waals surface area contributed by atoms with E-state index in [1.54, 1.807) is 0 Å². The summed E-state index contributed by atoms with van der Waals surface area (Å²) in [6.45, 7) is 14.3. The number of rotatable bonds is 6. The summed E-state index contributed by atoms with van der Waals surface area (Å²) in [6, 6.07) is 17.2. The Labute approximate surface area is 150 Å². The van der Waals surface area contributed by atoms with E-state index in [1.807, 2.05) is 13.8 Å². The van der Waals surface area contributed by atoms with E-state index in [1.165, 1.54) is 22.3 Å². The highest BCUT2D eigenvalue weighted by atomic mass is 16.5. The fourth-order valence-electron chi connectivity index (χ4n) is 2.12. The molecule has 0 heterocycles. The van der Waals surface area contributed by atoms with E-state index in [0.29, 0.717) is 0 Å². The first-order valence-electron chi connectivity index (χ1n) is 9.34. The molecule has 0 atom stereocenters. The summed E-state index contributed by atoms with van der Waals surface area (Å²) in [7, 11) is 0. The lowest BCUT2D eigenvalue weighted by molar-refractivity contribution is 0.138. The Kier molecular flexibility index (Phi) is 14.0. The molecule has 0 aromatic heterocycles. The molecule has 24 heavy (non-hydrogen) atoms. The van der Waals surface area contributed by atoms with Gasteiger partial charge in [-0.1, -0.05) is 87.4 Å². The minimum Gasteiger partial charge on any atom is -0.381 e. The highest BCUT2D eigenvalue weighted by molar-refractivity contribution is 5.22. The van der Waals surface area contributed by atoms with E-state index in [-0.39, 0.29) is 0 Å². The number of aryl methyl sites for hydroxylation is 3. The van der Waals surface area contributed by atoms with Gasteiger partial charge >= 0.3 is 0 Å². The molecular formula is C23H36O. The van der Waals surface area contributed by atoms with Gasteiger partial charge < -0.3 is 4.74 Å². The summed E-state index contributed by atoms with van der Waals surface area (Å²) in [5.41, 5.74) is 5.46. The van der Waals surface area contributed by atoms with Crippen molar-refractivity contribution >= 4 is 0 Å². The van der Waals surface area contributed by atoms with Crippen molar-refractivity contribution in [2.45, 2.75) is 60.8 Å². The molecule has 0 unspecified atom stereocenters.